The summed E-state index contributed by atoms with van der Waals surface area (Å²) in [5.41, 5.74) is 0. The minimum absolute atomic E-state index is 0.201. The summed E-state index contributed by atoms with van der Waals surface area (Å²) in [5.74, 6) is -11.6. The zero-order valence-electron chi connectivity index (χ0n) is 80.9. The normalized spacial score (nSPS) is 47.0. The number of aliphatic hydroxyl groups excluding tert-OH is 30. The van der Waals surface area contributed by atoms with Gasteiger partial charge in [-0.05, 0) is 5.92 Å². The molecular weight excluding hydrogens is 2020 g/mol. The summed E-state index contributed by atoms with van der Waals surface area (Å²) in [4.78, 5) is 76.4. The molecule has 23 unspecified atom stereocenters. The zero-order valence-corrected chi connectivity index (χ0v) is 80.9. The Hall–Kier alpha value is -5.22. The Bertz CT molecular complexity index is 4130. The minimum atomic E-state index is -2.70. The van der Waals surface area contributed by atoms with Gasteiger partial charge in [-0.2, -0.15) is 0 Å². The van der Waals surface area contributed by atoms with Crippen molar-refractivity contribution < 1.29 is 291 Å². The highest BCUT2D eigenvalue weighted by molar-refractivity contribution is 5.74. The van der Waals surface area contributed by atoms with E-state index in [9.17, 15) is 182 Å². The number of carbonyl (C=O) groups is 6. The summed E-state index contributed by atoms with van der Waals surface area (Å²) < 4.78 is 137. The summed E-state index contributed by atoms with van der Waals surface area (Å²) >= 11 is 0. The van der Waals surface area contributed by atoms with Crippen LogP contribution in [0, 0.1) is 17.8 Å². The average Bonchev–Trinajstić information content (AvgIpc) is 0.767. The molecule has 856 valence electrons. The predicted octanol–water partition coefficient (Wildman–Crippen LogP) is -21.6. The Morgan fingerprint density at radius 2 is 0.595 bits per heavy atom. The molecular formula is C85H142N4O59. The van der Waals surface area contributed by atoms with Gasteiger partial charge >= 0.3 is 11.9 Å². The van der Waals surface area contributed by atoms with Crippen molar-refractivity contribution >= 4 is 36.6 Å². The van der Waals surface area contributed by atoms with Crippen LogP contribution in [0.2, 0.25) is 0 Å². The molecule has 11 rings (SSSR count). The van der Waals surface area contributed by atoms with Crippen LogP contribution in [0.4, 0.5) is 0 Å². The maximum absolute atomic E-state index is 13.3. The number of nitrogens with one attached hydrogen (secondary N) is 4. The Labute approximate surface area is 841 Å². The van der Waals surface area contributed by atoms with Crippen LogP contribution in [0.25, 0.3) is 0 Å². The van der Waals surface area contributed by atoms with Crippen molar-refractivity contribution in [2.45, 2.75) is 405 Å². The van der Waals surface area contributed by atoms with Crippen LogP contribution >= 0.6 is 0 Å². The summed E-state index contributed by atoms with van der Waals surface area (Å²) in [5, 5.41) is 350. The lowest BCUT2D eigenvalue weighted by Gasteiger charge is -2.51. The number of hydrogen-bond acceptors (Lipinski definition) is 59. The van der Waals surface area contributed by atoms with Gasteiger partial charge in [0, 0.05) is 39.5 Å². The molecule has 57 atom stereocenters. The molecule has 0 saturated carbocycles. The van der Waals surface area contributed by atoms with Crippen LogP contribution in [0.5, 0.6) is 0 Å². The summed E-state index contributed by atoms with van der Waals surface area (Å²) in [6.07, 6.45) is -105. The maximum Gasteiger partial charge on any atom is 0.332 e. The van der Waals surface area contributed by atoms with Gasteiger partial charge in [0.15, 0.2) is 50.3 Å². The molecule has 11 heterocycles. The van der Waals surface area contributed by atoms with E-state index >= 15 is 0 Å². The second kappa shape index (κ2) is 53.7. The molecule has 11 saturated heterocycles. The largest absolute Gasteiger partial charge is 0.410 e. The molecule has 148 heavy (non-hydrogen) atoms. The second-order valence-corrected chi connectivity index (χ2v) is 38.4. The van der Waals surface area contributed by atoms with Gasteiger partial charge in [-0.15, -0.1) is 0 Å². The number of amides is 4. The molecule has 34 N–H and O–H groups in total. The third-order valence-electron chi connectivity index (χ3n) is 27.8. The van der Waals surface area contributed by atoms with Gasteiger partial charge in [0.2, 0.25) is 23.6 Å². The topological polar surface area (TPSA) is 970 Å². The van der Waals surface area contributed by atoms with Gasteiger partial charge in [-0.25, -0.2) is 0 Å². The Morgan fingerprint density at radius 1 is 0.311 bits per heavy atom. The lowest BCUT2D eigenvalue weighted by atomic mass is 9.87. The van der Waals surface area contributed by atoms with Gasteiger partial charge in [-0.1, -0.05) is 27.7 Å². The average molecular weight is 2160 g/mol. The highest BCUT2D eigenvalue weighted by atomic mass is 16.9. The van der Waals surface area contributed by atoms with Crippen LogP contribution in [0.15, 0.2) is 0 Å². The lowest BCUT2D eigenvalue weighted by molar-refractivity contribution is -0.424. The van der Waals surface area contributed by atoms with Crippen LogP contribution in [0.1, 0.15) is 68.2 Å². The Balaban J connectivity index is 0.891. The summed E-state index contributed by atoms with van der Waals surface area (Å²) in [6, 6.07) is -7.39. The first-order valence-electron chi connectivity index (χ1n) is 47.8. The highest BCUT2D eigenvalue weighted by Gasteiger charge is 2.64. The highest BCUT2D eigenvalue weighted by Crippen LogP contribution is 2.45. The number of aliphatic hydroxyl groups is 30. The summed E-state index contributed by atoms with van der Waals surface area (Å²) in [7, 11) is 0. The number of rotatable bonds is 44. The van der Waals surface area contributed by atoms with E-state index < -0.39 is 464 Å². The van der Waals surface area contributed by atoms with Gasteiger partial charge in [0.25, 0.3) is 12.9 Å². The van der Waals surface area contributed by atoms with E-state index in [0.29, 0.717) is 0 Å². The fraction of sp³-hybridized carbons (Fsp3) is 0.929. The zero-order chi connectivity index (χ0) is 109. The molecule has 11 fully saturated rings. The lowest BCUT2D eigenvalue weighted by Crippen LogP contribution is -2.71. The first-order valence-corrected chi connectivity index (χ1v) is 47.8. The van der Waals surface area contributed by atoms with E-state index in [-0.39, 0.29) is 12.9 Å². The SMILES string of the molecule is CC(=O)NC1C(O)[C@H](O[C@@H]2OC(CO[C@]3(OC=O)C[C@@H](O)[C@@H](C)C([C@H](O)C(O)CO)O3)[C@H](O)[C@H](O)C2O)[C@H](CO)O[C@H]1OC1[C@@H](OCC2O[C@@H](O[C@@H]3C(CO)O[C@@H](O[C@@H]4C(CO)O[C@@H](C(C)C)C(NC(C)=O)[C@H]4O)C(NC(C)=O)[C@H]3O)C(O)[C@@H](O[C@H]3OC(CO)[C@@H](O)C(O)C3O[C@@H]3OC(CO)[C@@H](O[C@@H]4OC(CO[C@]5(OC=O)C[C@@H](O)[C@@H](C)C([C@H](O)C(O)CO)O5)[C@H](O)[C@H](O)C4O)[C@H](O)C3NC(C)=O)[C@@H]2O)OC(CO)[C@@H](O)[C@@H]1O. The van der Waals surface area contributed by atoms with Crippen molar-refractivity contribution in [2.75, 3.05) is 72.7 Å². The summed E-state index contributed by atoms with van der Waals surface area (Å²) in [6.45, 7) is -3.07. The molecule has 63 nitrogen and oxygen atoms in total. The van der Waals surface area contributed by atoms with Crippen molar-refractivity contribution in [1.29, 1.82) is 0 Å². The molecule has 0 aliphatic carbocycles. The molecule has 11 aliphatic rings. The molecule has 63 heteroatoms. The van der Waals surface area contributed by atoms with E-state index in [1.807, 2.05) is 0 Å². The van der Waals surface area contributed by atoms with Crippen molar-refractivity contribution in [2.24, 2.45) is 17.8 Å². The number of hydrogen-bond donors (Lipinski definition) is 34. The molecule has 0 spiro atoms. The van der Waals surface area contributed by atoms with Gasteiger partial charge in [0.05, 0.1) is 122 Å². The molecule has 0 radical (unpaired) electrons. The van der Waals surface area contributed by atoms with Crippen molar-refractivity contribution in [3.05, 3.63) is 0 Å². The monoisotopic (exact) mass is 2160 g/mol. The van der Waals surface area contributed by atoms with E-state index in [4.69, 9.17) is 109 Å². The van der Waals surface area contributed by atoms with Gasteiger partial charge in [-0.3, -0.25) is 28.8 Å². The molecule has 0 aromatic heterocycles. The van der Waals surface area contributed by atoms with Crippen LogP contribution < -0.4 is 21.3 Å². The van der Waals surface area contributed by atoms with Crippen molar-refractivity contribution in [3.8, 4) is 0 Å². The standard InChI is InChI=1S/C85H142N4O59/c1-24(2)66-44(86-27(5)100)55(115)69(37(15-94)131-66)140-76-45(87-28(6)101)56(116)72(40(18-97)134-76)143-81-65(125)73(144-83-75(62(122)51(111)36(14-93)133-83)146-78-47(89-30(8)103)58(118)71(39(17-96)136-78)142-80-64(124)60(120)53(113)43(139-80)21-128-85(130-23-99)10-32(105)26(4)68(148-85)49(109)34(107)12-91)54(114)41(137-81)19-126-82-74(61(121)50(110)35(13-92)132-82)145-77-46(88-29(7)102)57(117)70(38(16-95)135-77)141-79-63(123)59(119)52(112)42(138-79)20-127-84(129-22-98)9-31(104)25(3)67(147-84)48(108)33(106)11-90/h22-26,31-83,90-97,104-125H,9-21H2,1-8H3,(H,86,100)(H,87,101)(H,88,102)(H,89,103)/t25-,26-,31-,32-,33?,34?,35?,36?,37?,38+,39?,40?,41?,42?,43?,44?,45?,46?,47?,48-,49-,50-,51-,52+,53+,54-,55-,56-,57?,58-,59+,60+,61+,62?,63?,64?,65?,66+,67?,68?,69-,70-,71-,72-,73+,74?,75?,76+,77+,78+,79+,80+,81+,82+,83-,84+,85+/m1/s1. The first-order chi connectivity index (χ1) is 69.9. The minimum Gasteiger partial charge on any atom is -0.410 e. The molecule has 0 aromatic carbocycles. The van der Waals surface area contributed by atoms with E-state index in [1.165, 1.54) is 13.8 Å². The van der Waals surface area contributed by atoms with Crippen LogP contribution in [0.3, 0.4) is 0 Å². The number of ether oxygens (including phenoxy) is 23. The predicted molar refractivity (Wildman–Crippen MR) is 461 cm³/mol. The quantitative estimate of drug-likeness (QED) is 0.0199. The van der Waals surface area contributed by atoms with Crippen molar-refractivity contribution in [1.82, 2.24) is 21.3 Å². The van der Waals surface area contributed by atoms with Crippen LogP contribution in [-0.2, 0) is 138 Å². The van der Waals surface area contributed by atoms with E-state index in [1.54, 1.807) is 13.8 Å². The van der Waals surface area contributed by atoms with Crippen LogP contribution in [-0.4, -0.2) is 599 Å². The number of carbonyl (C=O) groups excluding carboxylic acids is 6. The third kappa shape index (κ3) is 27.6. The molecule has 11 aliphatic heterocycles. The third-order valence-corrected chi connectivity index (χ3v) is 27.8. The Kier molecular flexibility index (Phi) is 44.6. The van der Waals surface area contributed by atoms with E-state index in [0.717, 1.165) is 27.7 Å². The van der Waals surface area contributed by atoms with Gasteiger partial charge in [0.1, 0.15) is 238 Å². The Morgan fingerprint density at radius 3 is 0.932 bits per heavy atom. The smallest absolute Gasteiger partial charge is 0.332 e. The maximum atomic E-state index is 13.3. The molecule has 0 aromatic rings. The van der Waals surface area contributed by atoms with Gasteiger partial charge < -0.3 is 283 Å². The van der Waals surface area contributed by atoms with Crippen molar-refractivity contribution in [3.63, 3.8) is 0 Å². The second-order valence-electron chi connectivity index (χ2n) is 38.4. The van der Waals surface area contributed by atoms with E-state index in [2.05, 4.69) is 21.3 Å². The first kappa shape index (κ1) is 123. The fourth-order valence-electron chi connectivity index (χ4n) is 19.5. The fourth-order valence-corrected chi connectivity index (χ4v) is 19.5. The molecule has 4 amide bonds. The molecule has 0 bridgehead atoms.